The second-order valence-corrected chi connectivity index (χ2v) is 2.53. The van der Waals surface area contributed by atoms with Crippen LogP contribution >= 0.6 is 11.6 Å². The first kappa shape index (κ1) is 7.63. The van der Waals surface area contributed by atoms with Crippen LogP contribution in [-0.4, -0.2) is 7.05 Å². The lowest BCUT2D eigenvalue weighted by Crippen LogP contribution is -2.03. The van der Waals surface area contributed by atoms with E-state index in [2.05, 4.69) is 5.32 Å². The predicted octanol–water partition coefficient (Wildman–Crippen LogP) is 1.96. The fraction of sp³-hybridized carbons (Fsp3) is 0.429. The Balaban J connectivity index is 2.81. The first-order valence-corrected chi connectivity index (χ1v) is 3.51. The van der Waals surface area contributed by atoms with Crippen LogP contribution in [0.3, 0.4) is 0 Å². The highest BCUT2D eigenvalue weighted by atomic mass is 35.5. The molecule has 0 aliphatic carbocycles. The van der Waals surface area contributed by atoms with Crippen molar-refractivity contribution >= 4 is 11.6 Å². The van der Waals surface area contributed by atoms with E-state index in [1.54, 1.807) is 0 Å². The Morgan fingerprint density at radius 2 is 2.40 bits per heavy atom. The van der Waals surface area contributed by atoms with E-state index in [1.807, 2.05) is 20.0 Å². The Labute approximate surface area is 65.2 Å². The Morgan fingerprint density at radius 3 is 2.80 bits per heavy atom. The van der Waals surface area contributed by atoms with Crippen LogP contribution in [0.1, 0.15) is 11.3 Å². The summed E-state index contributed by atoms with van der Waals surface area (Å²) in [5.74, 6) is 0.857. The summed E-state index contributed by atoms with van der Waals surface area (Å²) in [6.45, 7) is 2.64. The van der Waals surface area contributed by atoms with Gasteiger partial charge in [0.2, 0.25) is 0 Å². The molecule has 0 bridgehead atoms. The zero-order valence-electron chi connectivity index (χ0n) is 6.07. The molecule has 2 nitrogen and oxygen atoms in total. The predicted molar refractivity (Wildman–Crippen MR) is 41.2 cm³/mol. The van der Waals surface area contributed by atoms with Crippen LogP contribution in [0.2, 0.25) is 5.22 Å². The minimum absolute atomic E-state index is 0.492. The molecule has 0 saturated carbocycles. The second-order valence-electron chi connectivity index (χ2n) is 2.19. The molecule has 56 valence electrons. The zero-order chi connectivity index (χ0) is 7.56. The summed E-state index contributed by atoms with van der Waals surface area (Å²) >= 11 is 5.72. The zero-order valence-corrected chi connectivity index (χ0v) is 6.83. The van der Waals surface area contributed by atoms with E-state index in [1.165, 1.54) is 0 Å². The van der Waals surface area contributed by atoms with Gasteiger partial charge in [0, 0.05) is 12.1 Å². The molecule has 0 aromatic carbocycles. The number of nitrogens with one attached hydrogen (secondary N) is 1. The topological polar surface area (TPSA) is 25.2 Å². The van der Waals surface area contributed by atoms with Gasteiger partial charge in [-0.25, -0.2) is 0 Å². The van der Waals surface area contributed by atoms with Gasteiger partial charge in [0.15, 0.2) is 5.22 Å². The van der Waals surface area contributed by atoms with Crippen molar-refractivity contribution in [3.05, 3.63) is 22.6 Å². The number of furan rings is 1. The van der Waals surface area contributed by atoms with Gasteiger partial charge in [-0.1, -0.05) is 0 Å². The molecule has 0 aliphatic heterocycles. The molecule has 1 aromatic rings. The average Bonchev–Trinajstić information content (AvgIpc) is 2.13. The average molecular weight is 160 g/mol. The molecule has 0 unspecified atom stereocenters. The Morgan fingerprint density at radius 1 is 1.70 bits per heavy atom. The molecule has 1 heterocycles. The van der Waals surface area contributed by atoms with E-state index in [9.17, 15) is 0 Å². The standard InChI is InChI=1S/C7H10ClNO/c1-5-3-6(4-9-2)7(8)10-5/h3,9H,4H2,1-2H3. The summed E-state index contributed by atoms with van der Waals surface area (Å²) in [7, 11) is 1.87. The van der Waals surface area contributed by atoms with Crippen LogP contribution in [0.25, 0.3) is 0 Å². The smallest absolute Gasteiger partial charge is 0.197 e. The van der Waals surface area contributed by atoms with E-state index in [4.69, 9.17) is 16.0 Å². The number of rotatable bonds is 2. The van der Waals surface area contributed by atoms with Gasteiger partial charge in [-0.2, -0.15) is 0 Å². The molecule has 0 atom stereocenters. The normalized spacial score (nSPS) is 10.3. The highest BCUT2D eigenvalue weighted by molar-refractivity contribution is 6.29. The molecular formula is C7H10ClNO. The van der Waals surface area contributed by atoms with Crippen molar-refractivity contribution in [1.82, 2.24) is 5.32 Å². The summed E-state index contributed by atoms with van der Waals surface area (Å²) in [5, 5.41) is 3.49. The molecule has 1 rings (SSSR count). The molecule has 0 radical (unpaired) electrons. The van der Waals surface area contributed by atoms with Crippen molar-refractivity contribution in [2.45, 2.75) is 13.5 Å². The first-order chi connectivity index (χ1) is 4.74. The lowest BCUT2D eigenvalue weighted by molar-refractivity contribution is 0.533. The second kappa shape index (κ2) is 3.08. The van der Waals surface area contributed by atoms with Crippen LogP contribution in [-0.2, 0) is 6.54 Å². The van der Waals surface area contributed by atoms with Gasteiger partial charge in [0.1, 0.15) is 5.76 Å². The van der Waals surface area contributed by atoms with Crippen molar-refractivity contribution < 1.29 is 4.42 Å². The van der Waals surface area contributed by atoms with Crippen molar-refractivity contribution in [2.75, 3.05) is 7.05 Å². The fourth-order valence-corrected chi connectivity index (χ4v) is 1.09. The third kappa shape index (κ3) is 1.52. The summed E-state index contributed by atoms with van der Waals surface area (Å²) in [4.78, 5) is 0. The third-order valence-electron chi connectivity index (χ3n) is 1.25. The van der Waals surface area contributed by atoms with E-state index in [-0.39, 0.29) is 0 Å². The highest BCUT2D eigenvalue weighted by Crippen LogP contribution is 2.19. The molecule has 1 aromatic heterocycles. The Hall–Kier alpha value is -0.470. The monoisotopic (exact) mass is 159 g/mol. The quantitative estimate of drug-likeness (QED) is 0.714. The SMILES string of the molecule is CNCc1cc(C)oc1Cl. The van der Waals surface area contributed by atoms with Crippen molar-refractivity contribution in [2.24, 2.45) is 0 Å². The van der Waals surface area contributed by atoms with E-state index in [0.717, 1.165) is 17.9 Å². The van der Waals surface area contributed by atoms with Gasteiger partial charge in [-0.05, 0) is 31.6 Å². The van der Waals surface area contributed by atoms with Crippen LogP contribution in [0, 0.1) is 6.92 Å². The van der Waals surface area contributed by atoms with E-state index < -0.39 is 0 Å². The number of hydrogen-bond donors (Lipinski definition) is 1. The molecule has 0 fully saturated rings. The van der Waals surface area contributed by atoms with Gasteiger partial charge in [0.05, 0.1) is 0 Å². The molecule has 0 saturated heterocycles. The summed E-state index contributed by atoms with van der Waals surface area (Å²) in [6, 6.07) is 1.93. The molecule has 0 amide bonds. The minimum atomic E-state index is 0.492. The molecule has 0 spiro atoms. The summed E-state index contributed by atoms with van der Waals surface area (Å²) in [5.41, 5.74) is 1.02. The van der Waals surface area contributed by atoms with Gasteiger partial charge in [-0.3, -0.25) is 0 Å². The van der Waals surface area contributed by atoms with Gasteiger partial charge in [-0.15, -0.1) is 0 Å². The first-order valence-electron chi connectivity index (χ1n) is 3.13. The summed E-state index contributed by atoms with van der Waals surface area (Å²) < 4.78 is 5.09. The Bertz CT molecular complexity index is 219. The van der Waals surface area contributed by atoms with Gasteiger partial charge >= 0.3 is 0 Å². The molecular weight excluding hydrogens is 150 g/mol. The lowest BCUT2D eigenvalue weighted by Gasteiger charge is -1.91. The third-order valence-corrected chi connectivity index (χ3v) is 1.57. The van der Waals surface area contributed by atoms with Gasteiger partial charge < -0.3 is 9.73 Å². The van der Waals surface area contributed by atoms with Crippen molar-refractivity contribution in [3.8, 4) is 0 Å². The van der Waals surface area contributed by atoms with Crippen LogP contribution in [0.4, 0.5) is 0 Å². The van der Waals surface area contributed by atoms with Crippen molar-refractivity contribution in [3.63, 3.8) is 0 Å². The Kier molecular flexibility index (Phi) is 2.35. The summed E-state index contributed by atoms with van der Waals surface area (Å²) in [6.07, 6.45) is 0. The molecule has 0 aliphatic rings. The number of hydrogen-bond acceptors (Lipinski definition) is 2. The maximum Gasteiger partial charge on any atom is 0.197 e. The fourth-order valence-electron chi connectivity index (χ4n) is 0.849. The van der Waals surface area contributed by atoms with Crippen molar-refractivity contribution in [1.29, 1.82) is 0 Å². The maximum absolute atomic E-state index is 5.72. The van der Waals surface area contributed by atoms with Crippen LogP contribution in [0.15, 0.2) is 10.5 Å². The maximum atomic E-state index is 5.72. The van der Waals surface area contributed by atoms with Crippen LogP contribution in [0.5, 0.6) is 0 Å². The number of halogens is 1. The lowest BCUT2D eigenvalue weighted by atomic mass is 10.3. The molecule has 10 heavy (non-hydrogen) atoms. The minimum Gasteiger partial charge on any atom is -0.450 e. The largest absolute Gasteiger partial charge is 0.450 e. The van der Waals surface area contributed by atoms with E-state index in [0.29, 0.717) is 5.22 Å². The van der Waals surface area contributed by atoms with Crippen LogP contribution < -0.4 is 5.32 Å². The molecule has 1 N–H and O–H groups in total. The highest BCUT2D eigenvalue weighted by Gasteiger charge is 2.03. The van der Waals surface area contributed by atoms with E-state index >= 15 is 0 Å². The number of aryl methyl sites for hydroxylation is 1. The molecule has 3 heteroatoms. The van der Waals surface area contributed by atoms with Gasteiger partial charge in [0.25, 0.3) is 0 Å².